The molecule has 0 radical (unpaired) electrons. The molecule has 1 aliphatic heterocycles. The van der Waals surface area contributed by atoms with Crippen LogP contribution in [0.5, 0.6) is 0 Å². The van der Waals surface area contributed by atoms with Gasteiger partial charge in [-0.2, -0.15) is 0 Å². The standard InChI is InChI=1S/C15H17NO/c1-17-14-9-10-16-13(11-14)7-8-15(16)12-5-3-2-4-6-12/h2-8,14H,9-11H2,1H3. The first-order valence-electron chi connectivity index (χ1n) is 6.15. The molecule has 0 saturated carbocycles. The largest absolute Gasteiger partial charge is 0.381 e. The zero-order valence-corrected chi connectivity index (χ0v) is 10.1. The SMILES string of the molecule is COC1CCn2c(ccc2-c2ccccc2)C1. The Balaban J connectivity index is 1.97. The van der Waals surface area contributed by atoms with Crippen LogP contribution in [0.25, 0.3) is 11.3 Å². The molecule has 2 nitrogen and oxygen atoms in total. The molecule has 1 aromatic carbocycles. The fourth-order valence-electron chi connectivity index (χ4n) is 2.62. The van der Waals surface area contributed by atoms with Gasteiger partial charge in [-0.1, -0.05) is 30.3 Å². The Kier molecular flexibility index (Phi) is 2.73. The molecule has 2 aromatic rings. The second-order valence-electron chi connectivity index (χ2n) is 4.58. The minimum atomic E-state index is 0.390. The number of hydrogen-bond donors (Lipinski definition) is 0. The van der Waals surface area contributed by atoms with Gasteiger partial charge in [-0.25, -0.2) is 0 Å². The number of benzene rings is 1. The normalized spacial score (nSPS) is 19.0. The van der Waals surface area contributed by atoms with Crippen LogP contribution in [0.2, 0.25) is 0 Å². The van der Waals surface area contributed by atoms with Crippen molar-refractivity contribution in [2.75, 3.05) is 7.11 Å². The third-order valence-electron chi connectivity index (χ3n) is 3.59. The van der Waals surface area contributed by atoms with E-state index in [2.05, 4.69) is 47.0 Å². The molecule has 17 heavy (non-hydrogen) atoms. The minimum absolute atomic E-state index is 0.390. The molecule has 0 spiro atoms. The van der Waals surface area contributed by atoms with Gasteiger partial charge in [-0.3, -0.25) is 0 Å². The molecule has 1 unspecified atom stereocenters. The second-order valence-corrected chi connectivity index (χ2v) is 4.58. The molecule has 1 aromatic heterocycles. The Morgan fingerprint density at radius 1 is 1.12 bits per heavy atom. The van der Waals surface area contributed by atoms with Crippen molar-refractivity contribution in [3.05, 3.63) is 48.2 Å². The quantitative estimate of drug-likeness (QED) is 0.769. The number of aromatic nitrogens is 1. The van der Waals surface area contributed by atoms with E-state index < -0.39 is 0 Å². The van der Waals surface area contributed by atoms with Crippen molar-refractivity contribution in [3.8, 4) is 11.3 Å². The van der Waals surface area contributed by atoms with E-state index in [-0.39, 0.29) is 0 Å². The molecule has 2 heterocycles. The summed E-state index contributed by atoms with van der Waals surface area (Å²) < 4.78 is 7.87. The summed E-state index contributed by atoms with van der Waals surface area (Å²) in [7, 11) is 1.81. The Morgan fingerprint density at radius 2 is 1.94 bits per heavy atom. The molecule has 0 fully saturated rings. The van der Waals surface area contributed by atoms with E-state index in [1.165, 1.54) is 17.0 Å². The van der Waals surface area contributed by atoms with E-state index in [4.69, 9.17) is 4.74 Å². The number of ether oxygens (including phenoxy) is 1. The molecule has 88 valence electrons. The van der Waals surface area contributed by atoms with Crippen molar-refractivity contribution < 1.29 is 4.74 Å². The lowest BCUT2D eigenvalue weighted by molar-refractivity contribution is 0.0812. The molecular weight excluding hydrogens is 210 g/mol. The molecule has 1 aliphatic rings. The molecule has 1 atom stereocenters. The van der Waals surface area contributed by atoms with Crippen LogP contribution in [0.1, 0.15) is 12.1 Å². The van der Waals surface area contributed by atoms with E-state index in [1.54, 1.807) is 7.11 Å². The van der Waals surface area contributed by atoms with Gasteiger partial charge in [0, 0.05) is 31.5 Å². The average molecular weight is 227 g/mol. The van der Waals surface area contributed by atoms with Crippen LogP contribution in [0, 0.1) is 0 Å². The van der Waals surface area contributed by atoms with E-state index in [0.717, 1.165) is 19.4 Å². The Morgan fingerprint density at radius 3 is 2.71 bits per heavy atom. The minimum Gasteiger partial charge on any atom is -0.381 e. The summed E-state index contributed by atoms with van der Waals surface area (Å²) in [5.41, 5.74) is 4.02. The molecule has 0 bridgehead atoms. The first-order chi connectivity index (χ1) is 8.38. The molecule has 0 N–H and O–H groups in total. The highest BCUT2D eigenvalue weighted by Crippen LogP contribution is 2.27. The van der Waals surface area contributed by atoms with E-state index >= 15 is 0 Å². The number of rotatable bonds is 2. The van der Waals surface area contributed by atoms with E-state index in [1.807, 2.05) is 0 Å². The highest BCUT2D eigenvalue weighted by molar-refractivity contribution is 5.61. The Bertz CT molecular complexity index is 501. The predicted octanol–water partition coefficient (Wildman–Crippen LogP) is 3.12. The fraction of sp³-hybridized carbons (Fsp3) is 0.333. The molecule has 0 aliphatic carbocycles. The first kappa shape index (κ1) is 10.6. The van der Waals surface area contributed by atoms with E-state index in [0.29, 0.717) is 6.10 Å². The molecular formula is C15H17NO. The summed E-state index contributed by atoms with van der Waals surface area (Å²) in [5, 5.41) is 0. The summed E-state index contributed by atoms with van der Waals surface area (Å²) in [6.07, 6.45) is 2.53. The summed E-state index contributed by atoms with van der Waals surface area (Å²) in [4.78, 5) is 0. The van der Waals surface area contributed by atoms with Crippen LogP contribution in [-0.4, -0.2) is 17.8 Å². The Labute approximate surface area is 102 Å². The van der Waals surface area contributed by atoms with Crippen LogP contribution in [0.4, 0.5) is 0 Å². The van der Waals surface area contributed by atoms with Gasteiger partial charge in [0.25, 0.3) is 0 Å². The highest BCUT2D eigenvalue weighted by Gasteiger charge is 2.20. The summed E-state index contributed by atoms with van der Waals surface area (Å²) in [6, 6.07) is 15.0. The van der Waals surface area contributed by atoms with Gasteiger partial charge in [0.05, 0.1) is 6.10 Å². The smallest absolute Gasteiger partial charge is 0.0642 e. The van der Waals surface area contributed by atoms with Gasteiger partial charge < -0.3 is 9.30 Å². The van der Waals surface area contributed by atoms with Gasteiger partial charge in [0.2, 0.25) is 0 Å². The van der Waals surface area contributed by atoms with Crippen molar-refractivity contribution in [1.29, 1.82) is 0 Å². The van der Waals surface area contributed by atoms with Crippen molar-refractivity contribution in [3.63, 3.8) is 0 Å². The lowest BCUT2D eigenvalue weighted by Crippen LogP contribution is -2.24. The second kappa shape index (κ2) is 4.38. The van der Waals surface area contributed by atoms with Crippen molar-refractivity contribution >= 4 is 0 Å². The van der Waals surface area contributed by atoms with Crippen molar-refractivity contribution in [2.24, 2.45) is 0 Å². The fourth-order valence-corrected chi connectivity index (χ4v) is 2.62. The van der Waals surface area contributed by atoms with Crippen LogP contribution >= 0.6 is 0 Å². The number of hydrogen-bond acceptors (Lipinski definition) is 1. The predicted molar refractivity (Wildman–Crippen MR) is 69.0 cm³/mol. The van der Waals surface area contributed by atoms with Gasteiger partial charge in [0.15, 0.2) is 0 Å². The lowest BCUT2D eigenvalue weighted by Gasteiger charge is -2.24. The third-order valence-corrected chi connectivity index (χ3v) is 3.59. The molecule has 0 amide bonds. The van der Waals surface area contributed by atoms with Gasteiger partial charge >= 0.3 is 0 Å². The average Bonchev–Trinajstić information content (AvgIpc) is 2.82. The monoisotopic (exact) mass is 227 g/mol. The summed E-state index contributed by atoms with van der Waals surface area (Å²) in [6.45, 7) is 1.06. The third kappa shape index (κ3) is 1.89. The van der Waals surface area contributed by atoms with Gasteiger partial charge in [0.1, 0.15) is 0 Å². The lowest BCUT2D eigenvalue weighted by atomic mass is 10.1. The van der Waals surface area contributed by atoms with Gasteiger partial charge in [-0.05, 0) is 24.1 Å². The van der Waals surface area contributed by atoms with Crippen LogP contribution in [0.15, 0.2) is 42.5 Å². The van der Waals surface area contributed by atoms with Crippen LogP contribution in [-0.2, 0) is 17.7 Å². The zero-order chi connectivity index (χ0) is 11.7. The van der Waals surface area contributed by atoms with Crippen molar-refractivity contribution in [1.82, 2.24) is 4.57 Å². The maximum Gasteiger partial charge on any atom is 0.0642 e. The topological polar surface area (TPSA) is 14.2 Å². The summed E-state index contributed by atoms with van der Waals surface area (Å²) >= 11 is 0. The molecule has 3 rings (SSSR count). The number of nitrogens with zero attached hydrogens (tertiary/aromatic N) is 1. The Hall–Kier alpha value is -1.54. The van der Waals surface area contributed by atoms with Gasteiger partial charge in [-0.15, -0.1) is 0 Å². The van der Waals surface area contributed by atoms with Crippen LogP contribution < -0.4 is 0 Å². The highest BCUT2D eigenvalue weighted by atomic mass is 16.5. The van der Waals surface area contributed by atoms with Crippen LogP contribution in [0.3, 0.4) is 0 Å². The maximum absolute atomic E-state index is 5.45. The number of fused-ring (bicyclic) bond motifs is 1. The first-order valence-corrected chi connectivity index (χ1v) is 6.15. The maximum atomic E-state index is 5.45. The zero-order valence-electron chi connectivity index (χ0n) is 10.1. The molecule has 2 heteroatoms. The number of methoxy groups -OCH3 is 1. The molecule has 0 saturated heterocycles. The van der Waals surface area contributed by atoms with Crippen molar-refractivity contribution in [2.45, 2.75) is 25.5 Å². The summed E-state index contributed by atoms with van der Waals surface area (Å²) in [5.74, 6) is 0. The van der Waals surface area contributed by atoms with E-state index in [9.17, 15) is 0 Å².